The summed E-state index contributed by atoms with van der Waals surface area (Å²) in [5.41, 5.74) is 3.16. The molecule has 0 N–H and O–H groups in total. The van der Waals surface area contributed by atoms with E-state index < -0.39 is 0 Å². The van der Waals surface area contributed by atoms with Gasteiger partial charge >= 0.3 is 0 Å². The van der Waals surface area contributed by atoms with Gasteiger partial charge in [0.25, 0.3) is 0 Å². The van der Waals surface area contributed by atoms with Crippen molar-refractivity contribution in [1.29, 1.82) is 0 Å². The maximum absolute atomic E-state index is 12.6. The molecule has 1 aromatic heterocycles. The topological polar surface area (TPSA) is 42.4 Å². The van der Waals surface area contributed by atoms with Crippen LogP contribution in [0.2, 0.25) is 0 Å². The molecular weight excluding hydrogens is 412 g/mol. The number of carbonyl (C=O) groups is 1. The normalized spacial score (nSPS) is 10.9. The van der Waals surface area contributed by atoms with Gasteiger partial charge in [-0.15, -0.1) is 11.3 Å². The highest BCUT2D eigenvalue weighted by Crippen LogP contribution is 2.28. The van der Waals surface area contributed by atoms with Crippen LogP contribution in [0.3, 0.4) is 0 Å². The van der Waals surface area contributed by atoms with Crippen LogP contribution in [0.5, 0.6) is 5.75 Å². The molecular formula is C24H22N2O2S2. The van der Waals surface area contributed by atoms with Crippen molar-refractivity contribution in [2.24, 2.45) is 0 Å². The quantitative estimate of drug-likeness (QED) is 0.349. The average molecular weight is 435 g/mol. The van der Waals surface area contributed by atoms with Gasteiger partial charge < -0.3 is 9.64 Å². The van der Waals surface area contributed by atoms with Crippen molar-refractivity contribution in [3.8, 4) is 17.0 Å². The Morgan fingerprint density at radius 1 is 1.07 bits per heavy atom. The fourth-order valence-corrected chi connectivity index (χ4v) is 4.94. The van der Waals surface area contributed by atoms with Crippen molar-refractivity contribution in [2.75, 3.05) is 19.9 Å². The lowest BCUT2D eigenvalue weighted by Crippen LogP contribution is -2.27. The van der Waals surface area contributed by atoms with E-state index in [-0.39, 0.29) is 5.91 Å². The second-order valence-corrected chi connectivity index (χ2v) is 9.03. The number of thiazole rings is 1. The number of rotatable bonds is 7. The molecule has 4 rings (SSSR count). The SMILES string of the molecule is COc1ccc2cc(CN(C)C(=O)CSc3nc(-c4ccccc4)cs3)ccc2c1. The Bertz CT molecular complexity index is 1160. The summed E-state index contributed by atoms with van der Waals surface area (Å²) in [6, 6.07) is 22.4. The highest BCUT2D eigenvalue weighted by molar-refractivity contribution is 8.01. The first-order chi connectivity index (χ1) is 14.6. The Kier molecular flexibility index (Phi) is 6.35. The number of carbonyl (C=O) groups excluding carboxylic acids is 1. The van der Waals surface area contributed by atoms with E-state index in [1.54, 1.807) is 23.3 Å². The Morgan fingerprint density at radius 3 is 2.63 bits per heavy atom. The van der Waals surface area contributed by atoms with Crippen LogP contribution in [0.4, 0.5) is 0 Å². The third kappa shape index (κ3) is 4.83. The standard InChI is InChI=1S/C24H22N2O2S2/c1-26(14-17-8-9-20-13-21(28-2)11-10-19(20)12-17)23(27)16-30-24-25-22(15-29-24)18-6-4-3-5-7-18/h3-13,15H,14,16H2,1-2H3. The Labute approximate surface area is 184 Å². The molecule has 4 aromatic rings. The van der Waals surface area contributed by atoms with Gasteiger partial charge in [-0.3, -0.25) is 4.79 Å². The number of methoxy groups -OCH3 is 1. The van der Waals surface area contributed by atoms with Gasteiger partial charge in [0.05, 0.1) is 18.6 Å². The summed E-state index contributed by atoms with van der Waals surface area (Å²) in [5.74, 6) is 1.31. The minimum Gasteiger partial charge on any atom is -0.497 e. The molecule has 6 heteroatoms. The van der Waals surface area contributed by atoms with E-state index in [0.29, 0.717) is 12.3 Å². The number of hydrogen-bond donors (Lipinski definition) is 0. The molecule has 4 nitrogen and oxygen atoms in total. The number of aromatic nitrogens is 1. The number of fused-ring (bicyclic) bond motifs is 1. The minimum atomic E-state index is 0.0892. The molecule has 30 heavy (non-hydrogen) atoms. The highest BCUT2D eigenvalue weighted by Gasteiger charge is 2.12. The third-order valence-electron chi connectivity index (χ3n) is 4.83. The highest BCUT2D eigenvalue weighted by atomic mass is 32.2. The van der Waals surface area contributed by atoms with E-state index in [1.807, 2.05) is 61.0 Å². The predicted octanol–water partition coefficient (Wildman–Crippen LogP) is 5.72. The molecule has 0 fully saturated rings. The fourth-order valence-electron chi connectivity index (χ4n) is 3.16. The van der Waals surface area contributed by atoms with Crippen molar-refractivity contribution >= 4 is 39.8 Å². The third-order valence-corrected chi connectivity index (χ3v) is 6.83. The molecule has 0 aliphatic carbocycles. The Morgan fingerprint density at radius 2 is 1.83 bits per heavy atom. The summed E-state index contributed by atoms with van der Waals surface area (Å²) < 4.78 is 6.19. The number of thioether (sulfide) groups is 1. The van der Waals surface area contributed by atoms with E-state index in [2.05, 4.69) is 23.2 Å². The van der Waals surface area contributed by atoms with Crippen LogP contribution in [0.25, 0.3) is 22.0 Å². The molecule has 0 aliphatic heterocycles. The van der Waals surface area contributed by atoms with Crippen LogP contribution < -0.4 is 4.74 Å². The summed E-state index contributed by atoms with van der Waals surface area (Å²) in [6.07, 6.45) is 0. The summed E-state index contributed by atoms with van der Waals surface area (Å²) in [6.45, 7) is 0.578. The van der Waals surface area contributed by atoms with Crippen LogP contribution in [0.1, 0.15) is 5.56 Å². The lowest BCUT2D eigenvalue weighted by molar-refractivity contribution is -0.127. The molecule has 0 aliphatic rings. The van der Waals surface area contributed by atoms with Gasteiger partial charge in [0, 0.05) is 24.5 Å². The van der Waals surface area contributed by atoms with Crippen molar-refractivity contribution in [1.82, 2.24) is 9.88 Å². The molecule has 0 atom stereocenters. The van der Waals surface area contributed by atoms with Crippen LogP contribution in [0, 0.1) is 0 Å². The summed E-state index contributed by atoms with van der Waals surface area (Å²) >= 11 is 3.07. The Balaban J connectivity index is 1.35. The Hall–Kier alpha value is -2.83. The molecule has 0 radical (unpaired) electrons. The van der Waals surface area contributed by atoms with E-state index in [4.69, 9.17) is 4.74 Å². The predicted molar refractivity (Wildman–Crippen MR) is 125 cm³/mol. The number of nitrogens with zero attached hydrogens (tertiary/aromatic N) is 2. The zero-order valence-electron chi connectivity index (χ0n) is 16.9. The minimum absolute atomic E-state index is 0.0892. The average Bonchev–Trinajstić information content (AvgIpc) is 3.26. The molecule has 3 aromatic carbocycles. The molecule has 0 bridgehead atoms. The zero-order chi connectivity index (χ0) is 20.9. The first-order valence-corrected chi connectivity index (χ1v) is 11.4. The van der Waals surface area contributed by atoms with E-state index in [9.17, 15) is 4.79 Å². The van der Waals surface area contributed by atoms with Crippen molar-refractivity contribution in [2.45, 2.75) is 10.9 Å². The van der Waals surface area contributed by atoms with E-state index >= 15 is 0 Å². The zero-order valence-corrected chi connectivity index (χ0v) is 18.5. The molecule has 1 amide bonds. The van der Waals surface area contributed by atoms with Crippen molar-refractivity contribution < 1.29 is 9.53 Å². The van der Waals surface area contributed by atoms with Crippen LogP contribution in [0.15, 0.2) is 76.4 Å². The summed E-state index contributed by atoms with van der Waals surface area (Å²) in [7, 11) is 3.51. The van der Waals surface area contributed by atoms with Gasteiger partial charge in [0.1, 0.15) is 5.75 Å². The van der Waals surface area contributed by atoms with Crippen molar-refractivity contribution in [3.63, 3.8) is 0 Å². The van der Waals surface area contributed by atoms with E-state index in [1.165, 1.54) is 11.8 Å². The van der Waals surface area contributed by atoms with E-state index in [0.717, 1.165) is 37.7 Å². The largest absolute Gasteiger partial charge is 0.497 e. The first kappa shape index (κ1) is 20.4. The smallest absolute Gasteiger partial charge is 0.233 e. The number of amides is 1. The van der Waals surface area contributed by atoms with Crippen LogP contribution in [-0.4, -0.2) is 35.7 Å². The lowest BCUT2D eigenvalue weighted by atomic mass is 10.1. The molecule has 0 saturated heterocycles. The lowest BCUT2D eigenvalue weighted by Gasteiger charge is -2.17. The second kappa shape index (κ2) is 9.32. The monoisotopic (exact) mass is 434 g/mol. The van der Waals surface area contributed by atoms with Gasteiger partial charge in [-0.2, -0.15) is 0 Å². The molecule has 0 saturated carbocycles. The van der Waals surface area contributed by atoms with Gasteiger partial charge in [-0.05, 0) is 34.5 Å². The number of ether oxygens (including phenoxy) is 1. The van der Waals surface area contributed by atoms with Gasteiger partial charge in [-0.1, -0.05) is 60.3 Å². The van der Waals surface area contributed by atoms with Crippen LogP contribution >= 0.6 is 23.1 Å². The number of benzene rings is 3. The molecule has 152 valence electrons. The number of hydrogen-bond acceptors (Lipinski definition) is 5. The first-order valence-electron chi connectivity index (χ1n) is 9.57. The maximum Gasteiger partial charge on any atom is 0.233 e. The summed E-state index contributed by atoms with van der Waals surface area (Å²) in [4.78, 5) is 19.0. The van der Waals surface area contributed by atoms with Crippen LogP contribution in [-0.2, 0) is 11.3 Å². The van der Waals surface area contributed by atoms with Gasteiger partial charge in [-0.25, -0.2) is 4.98 Å². The maximum atomic E-state index is 12.6. The second-order valence-electron chi connectivity index (χ2n) is 6.95. The molecule has 0 unspecified atom stereocenters. The summed E-state index contributed by atoms with van der Waals surface area (Å²) in [5, 5.41) is 4.30. The van der Waals surface area contributed by atoms with Gasteiger partial charge in [0.15, 0.2) is 4.34 Å². The van der Waals surface area contributed by atoms with Gasteiger partial charge in [0.2, 0.25) is 5.91 Å². The molecule has 1 heterocycles. The fraction of sp³-hybridized carbons (Fsp3) is 0.167. The molecule has 0 spiro atoms. The van der Waals surface area contributed by atoms with Crippen molar-refractivity contribution in [3.05, 3.63) is 77.7 Å².